The van der Waals surface area contributed by atoms with Gasteiger partial charge in [-0.15, -0.1) is 0 Å². The summed E-state index contributed by atoms with van der Waals surface area (Å²) in [5, 5.41) is 12.1. The van der Waals surface area contributed by atoms with Gasteiger partial charge in [0.15, 0.2) is 0 Å². The van der Waals surface area contributed by atoms with Gasteiger partial charge >= 0.3 is 0 Å². The van der Waals surface area contributed by atoms with E-state index in [0.717, 1.165) is 12.8 Å². The first kappa shape index (κ1) is 14.0. The van der Waals surface area contributed by atoms with Crippen LogP contribution in [0.1, 0.15) is 53.4 Å². The quantitative estimate of drug-likeness (QED) is 0.798. The van der Waals surface area contributed by atoms with Crippen LogP contribution in [0.3, 0.4) is 0 Å². The van der Waals surface area contributed by atoms with Crippen LogP contribution < -0.4 is 5.32 Å². The third-order valence-electron chi connectivity index (χ3n) is 3.60. The van der Waals surface area contributed by atoms with Crippen molar-refractivity contribution in [1.29, 1.82) is 5.26 Å². The fourth-order valence-corrected chi connectivity index (χ4v) is 2.47. The molecule has 17 heavy (non-hydrogen) atoms. The van der Waals surface area contributed by atoms with Crippen LogP contribution in [0.4, 0.5) is 0 Å². The molecule has 1 amide bonds. The van der Waals surface area contributed by atoms with Crippen LogP contribution in [0.2, 0.25) is 0 Å². The molecule has 1 N–H and O–H groups in total. The van der Waals surface area contributed by atoms with Gasteiger partial charge in [0.1, 0.15) is 5.41 Å². The van der Waals surface area contributed by atoms with Gasteiger partial charge in [-0.2, -0.15) is 5.26 Å². The van der Waals surface area contributed by atoms with Crippen molar-refractivity contribution in [3.63, 3.8) is 0 Å². The van der Waals surface area contributed by atoms with Crippen LogP contribution in [0.5, 0.6) is 0 Å². The Balaban J connectivity index is 2.41. The van der Waals surface area contributed by atoms with E-state index in [9.17, 15) is 4.79 Å². The Labute approximate surface area is 105 Å². The Bertz CT molecular complexity index is 311. The highest BCUT2D eigenvalue weighted by atomic mass is 16.2. The molecule has 0 saturated heterocycles. The van der Waals surface area contributed by atoms with E-state index < -0.39 is 5.41 Å². The summed E-state index contributed by atoms with van der Waals surface area (Å²) in [7, 11) is 0. The van der Waals surface area contributed by atoms with Crippen molar-refractivity contribution in [2.45, 2.75) is 59.4 Å². The fraction of sp³-hybridized carbons (Fsp3) is 0.857. The minimum absolute atomic E-state index is 0.0608. The first-order valence-corrected chi connectivity index (χ1v) is 6.62. The normalized spacial score (nSPS) is 29.3. The molecule has 0 aromatic heterocycles. The van der Waals surface area contributed by atoms with E-state index in [4.69, 9.17) is 5.26 Å². The third kappa shape index (κ3) is 3.46. The summed E-state index contributed by atoms with van der Waals surface area (Å²) in [5.41, 5.74) is -0.731. The minimum atomic E-state index is -0.731. The Morgan fingerprint density at radius 2 is 2.00 bits per heavy atom. The van der Waals surface area contributed by atoms with Crippen molar-refractivity contribution in [3.8, 4) is 6.07 Å². The van der Waals surface area contributed by atoms with Gasteiger partial charge < -0.3 is 5.32 Å². The van der Waals surface area contributed by atoms with Gasteiger partial charge in [0, 0.05) is 6.04 Å². The molecule has 0 aliphatic heterocycles. The summed E-state index contributed by atoms with van der Waals surface area (Å²) in [6, 6.07) is 2.38. The van der Waals surface area contributed by atoms with Crippen LogP contribution in [0.25, 0.3) is 0 Å². The smallest absolute Gasteiger partial charge is 0.240 e. The molecule has 0 aromatic carbocycles. The highest BCUT2D eigenvalue weighted by Crippen LogP contribution is 2.45. The van der Waals surface area contributed by atoms with Crippen LogP contribution in [0, 0.1) is 28.6 Å². The monoisotopic (exact) mass is 236 g/mol. The lowest BCUT2D eigenvalue weighted by atomic mass is 9.63. The SMILES string of the molecule is CC(C)CCC(C)NC(=O)C1(C#N)CC(C)C1. The number of hydrogen-bond donors (Lipinski definition) is 1. The molecule has 0 bridgehead atoms. The van der Waals surface area contributed by atoms with Crippen molar-refractivity contribution in [3.05, 3.63) is 0 Å². The van der Waals surface area contributed by atoms with E-state index in [0.29, 0.717) is 24.7 Å². The second-order valence-corrected chi connectivity index (χ2v) is 6.05. The number of nitrogens with zero attached hydrogens (tertiary/aromatic N) is 1. The maximum Gasteiger partial charge on any atom is 0.240 e. The topological polar surface area (TPSA) is 52.9 Å². The van der Waals surface area contributed by atoms with Crippen LogP contribution in [-0.4, -0.2) is 11.9 Å². The van der Waals surface area contributed by atoms with Gasteiger partial charge in [-0.05, 0) is 44.4 Å². The zero-order valence-electron chi connectivity index (χ0n) is 11.4. The second kappa shape index (κ2) is 5.53. The molecule has 1 saturated carbocycles. The molecule has 0 radical (unpaired) electrons. The molecule has 0 heterocycles. The lowest BCUT2D eigenvalue weighted by molar-refractivity contribution is -0.134. The molecule has 1 unspecified atom stereocenters. The van der Waals surface area contributed by atoms with E-state index in [1.807, 2.05) is 6.92 Å². The molecule has 3 nitrogen and oxygen atoms in total. The zero-order chi connectivity index (χ0) is 13.1. The summed E-state index contributed by atoms with van der Waals surface area (Å²) < 4.78 is 0. The average molecular weight is 236 g/mol. The maximum absolute atomic E-state index is 12.0. The van der Waals surface area contributed by atoms with E-state index in [1.165, 1.54) is 0 Å². The minimum Gasteiger partial charge on any atom is -0.352 e. The number of carbonyl (C=O) groups is 1. The number of nitrogens with one attached hydrogen (secondary N) is 1. The summed E-state index contributed by atoms with van der Waals surface area (Å²) in [6.45, 7) is 8.47. The lowest BCUT2D eigenvalue weighted by Gasteiger charge is -2.39. The molecule has 96 valence electrons. The molecule has 0 aromatic rings. The highest BCUT2D eigenvalue weighted by molar-refractivity contribution is 5.86. The first-order chi connectivity index (χ1) is 7.89. The molecule has 0 spiro atoms. The van der Waals surface area contributed by atoms with Gasteiger partial charge in [0.05, 0.1) is 6.07 Å². The zero-order valence-corrected chi connectivity index (χ0v) is 11.4. The van der Waals surface area contributed by atoms with Crippen LogP contribution >= 0.6 is 0 Å². The van der Waals surface area contributed by atoms with Gasteiger partial charge in [-0.25, -0.2) is 0 Å². The van der Waals surface area contributed by atoms with E-state index >= 15 is 0 Å². The van der Waals surface area contributed by atoms with Crippen molar-refractivity contribution in [2.75, 3.05) is 0 Å². The highest BCUT2D eigenvalue weighted by Gasteiger charge is 2.49. The largest absolute Gasteiger partial charge is 0.352 e. The standard InChI is InChI=1S/C14H24N2O/c1-10(2)5-6-12(4)16-13(17)14(9-15)7-11(3)8-14/h10-12H,5-8H2,1-4H3,(H,16,17). The maximum atomic E-state index is 12.0. The Kier molecular flexibility index (Phi) is 4.56. The van der Waals surface area contributed by atoms with Crippen LogP contribution in [-0.2, 0) is 4.79 Å². The van der Waals surface area contributed by atoms with Crippen LogP contribution in [0.15, 0.2) is 0 Å². The third-order valence-corrected chi connectivity index (χ3v) is 3.60. The summed E-state index contributed by atoms with van der Waals surface area (Å²) in [5.74, 6) is 1.10. The van der Waals surface area contributed by atoms with Crippen molar-refractivity contribution < 1.29 is 4.79 Å². The first-order valence-electron chi connectivity index (χ1n) is 6.62. The summed E-state index contributed by atoms with van der Waals surface area (Å²) >= 11 is 0. The van der Waals surface area contributed by atoms with Gasteiger partial charge in [-0.3, -0.25) is 4.79 Å². The number of carbonyl (C=O) groups excluding carboxylic acids is 1. The second-order valence-electron chi connectivity index (χ2n) is 6.05. The number of rotatable bonds is 5. The Morgan fingerprint density at radius 3 is 2.41 bits per heavy atom. The predicted octanol–water partition coefficient (Wildman–Crippen LogP) is 2.87. The molecular formula is C14H24N2O. The van der Waals surface area contributed by atoms with Crippen molar-refractivity contribution in [1.82, 2.24) is 5.32 Å². The summed E-state index contributed by atoms with van der Waals surface area (Å²) in [6.07, 6.45) is 3.52. The lowest BCUT2D eigenvalue weighted by Crippen LogP contribution is -2.50. The molecular weight excluding hydrogens is 212 g/mol. The molecule has 3 heteroatoms. The van der Waals surface area contributed by atoms with E-state index in [1.54, 1.807) is 0 Å². The van der Waals surface area contributed by atoms with E-state index in [2.05, 4.69) is 32.2 Å². The van der Waals surface area contributed by atoms with Gasteiger partial charge in [0.2, 0.25) is 5.91 Å². The van der Waals surface area contributed by atoms with Gasteiger partial charge in [0.25, 0.3) is 0 Å². The van der Waals surface area contributed by atoms with Crippen molar-refractivity contribution >= 4 is 5.91 Å². The average Bonchev–Trinajstić information content (AvgIpc) is 2.21. The Hall–Kier alpha value is -1.04. The Morgan fingerprint density at radius 1 is 1.41 bits per heavy atom. The molecule has 1 rings (SSSR count). The van der Waals surface area contributed by atoms with Gasteiger partial charge in [-0.1, -0.05) is 20.8 Å². The fourth-order valence-electron chi connectivity index (χ4n) is 2.47. The molecule has 1 aliphatic rings. The number of hydrogen-bond acceptors (Lipinski definition) is 2. The number of amides is 1. The molecule has 1 atom stereocenters. The van der Waals surface area contributed by atoms with Crippen molar-refractivity contribution in [2.24, 2.45) is 17.3 Å². The van der Waals surface area contributed by atoms with E-state index in [-0.39, 0.29) is 11.9 Å². The number of nitriles is 1. The predicted molar refractivity (Wildman–Crippen MR) is 68.1 cm³/mol. The summed E-state index contributed by atoms with van der Waals surface area (Å²) in [4.78, 5) is 12.0. The molecule has 1 fully saturated rings. The molecule has 1 aliphatic carbocycles.